The van der Waals surface area contributed by atoms with Crippen molar-refractivity contribution in [2.24, 2.45) is 0 Å². The van der Waals surface area contributed by atoms with Gasteiger partial charge in [0.2, 0.25) is 5.91 Å². The Bertz CT molecular complexity index is 873. The minimum Gasteiger partial charge on any atom is -0.508 e. The van der Waals surface area contributed by atoms with Crippen LogP contribution in [0.25, 0.3) is 22.4 Å². The van der Waals surface area contributed by atoms with Crippen LogP contribution in [-0.2, 0) is 4.79 Å². The number of H-pyrrole nitrogens is 1. The van der Waals surface area contributed by atoms with Crippen molar-refractivity contribution in [2.75, 3.05) is 11.9 Å². The molecule has 0 saturated carbocycles. The molecule has 5 nitrogen and oxygen atoms in total. The van der Waals surface area contributed by atoms with Crippen molar-refractivity contribution in [3.05, 3.63) is 41.4 Å². The third kappa shape index (κ3) is 2.51. The Morgan fingerprint density at radius 3 is 2.77 bits per heavy atom. The van der Waals surface area contributed by atoms with Crippen molar-refractivity contribution in [1.82, 2.24) is 9.97 Å². The van der Waals surface area contributed by atoms with Gasteiger partial charge in [-0.25, -0.2) is 4.98 Å². The number of hydrogen-bond donors (Lipinski definition) is 2. The first-order valence-electron chi connectivity index (χ1n) is 6.68. The molecule has 6 heteroatoms. The summed E-state index contributed by atoms with van der Waals surface area (Å²) in [4.78, 5) is 20.8. The maximum Gasteiger partial charge on any atom is 0.223 e. The van der Waals surface area contributed by atoms with Crippen LogP contribution >= 0.6 is 11.6 Å². The Labute approximate surface area is 132 Å². The topological polar surface area (TPSA) is 69.2 Å². The number of aromatic hydroxyl groups is 1. The minimum absolute atomic E-state index is 0.105. The summed E-state index contributed by atoms with van der Waals surface area (Å²) >= 11 is 5.98. The third-order valence-corrected chi connectivity index (χ3v) is 3.75. The zero-order valence-electron chi connectivity index (χ0n) is 12.1. The van der Waals surface area contributed by atoms with Crippen molar-refractivity contribution in [1.29, 1.82) is 0 Å². The number of imidazole rings is 1. The number of nitrogens with one attached hydrogen (secondary N) is 1. The van der Waals surface area contributed by atoms with Gasteiger partial charge in [-0.1, -0.05) is 11.6 Å². The van der Waals surface area contributed by atoms with Crippen molar-refractivity contribution >= 4 is 34.2 Å². The SMILES string of the molecule is CC(=O)N(C)c1ccc(O)cc1-c1nc2ccc(Cl)cc2[nH]1. The number of phenols is 1. The first-order chi connectivity index (χ1) is 10.5. The molecule has 0 radical (unpaired) electrons. The quantitative estimate of drug-likeness (QED) is 0.759. The molecular formula is C16H14ClN3O2. The molecule has 0 fully saturated rings. The van der Waals surface area contributed by atoms with Gasteiger partial charge >= 0.3 is 0 Å². The molecule has 3 aromatic rings. The molecule has 0 aliphatic rings. The van der Waals surface area contributed by atoms with Crippen molar-refractivity contribution in [2.45, 2.75) is 6.92 Å². The van der Waals surface area contributed by atoms with Crippen LogP contribution in [0.1, 0.15) is 6.92 Å². The highest BCUT2D eigenvalue weighted by molar-refractivity contribution is 6.31. The average Bonchev–Trinajstić information content (AvgIpc) is 2.89. The lowest BCUT2D eigenvalue weighted by molar-refractivity contribution is -0.116. The van der Waals surface area contributed by atoms with Gasteiger partial charge in [-0.05, 0) is 36.4 Å². The Kier molecular flexibility index (Phi) is 3.50. The molecule has 3 rings (SSSR count). The van der Waals surface area contributed by atoms with Crippen LogP contribution in [0.3, 0.4) is 0 Å². The van der Waals surface area contributed by atoms with Gasteiger partial charge in [0.25, 0.3) is 0 Å². The van der Waals surface area contributed by atoms with Gasteiger partial charge in [0.05, 0.1) is 16.7 Å². The summed E-state index contributed by atoms with van der Waals surface area (Å²) in [7, 11) is 1.68. The van der Waals surface area contributed by atoms with E-state index in [2.05, 4.69) is 9.97 Å². The van der Waals surface area contributed by atoms with Gasteiger partial charge in [0.15, 0.2) is 0 Å². The molecule has 0 aliphatic heterocycles. The molecule has 1 aromatic heterocycles. The summed E-state index contributed by atoms with van der Waals surface area (Å²) in [6, 6.07) is 10.2. The van der Waals surface area contributed by atoms with Gasteiger partial charge < -0.3 is 15.0 Å². The number of phenolic OH excluding ortho intramolecular Hbond substituents is 1. The van der Waals surface area contributed by atoms with Crippen LogP contribution in [0, 0.1) is 0 Å². The molecule has 2 N–H and O–H groups in total. The lowest BCUT2D eigenvalue weighted by Gasteiger charge is -2.18. The number of hydrogen-bond acceptors (Lipinski definition) is 3. The maximum absolute atomic E-state index is 11.6. The molecule has 0 bridgehead atoms. The van der Waals surface area contributed by atoms with Crippen LogP contribution in [0.15, 0.2) is 36.4 Å². The summed E-state index contributed by atoms with van der Waals surface area (Å²) in [6.45, 7) is 1.48. The molecule has 1 heterocycles. The van der Waals surface area contributed by atoms with Crippen molar-refractivity contribution in [3.8, 4) is 17.1 Å². The van der Waals surface area contributed by atoms with Crippen LogP contribution in [0.2, 0.25) is 5.02 Å². The predicted octanol–water partition coefficient (Wildman–Crippen LogP) is 3.57. The zero-order valence-corrected chi connectivity index (χ0v) is 12.8. The van der Waals surface area contributed by atoms with Gasteiger partial charge in [-0.2, -0.15) is 0 Å². The molecule has 0 atom stereocenters. The summed E-state index contributed by atoms with van der Waals surface area (Å²) in [5.74, 6) is 0.566. The van der Waals surface area contributed by atoms with E-state index in [1.807, 2.05) is 6.07 Å². The largest absolute Gasteiger partial charge is 0.508 e. The van der Waals surface area contributed by atoms with E-state index >= 15 is 0 Å². The molecule has 1 amide bonds. The Morgan fingerprint density at radius 2 is 2.05 bits per heavy atom. The van der Waals surface area contributed by atoms with E-state index in [-0.39, 0.29) is 11.7 Å². The van der Waals surface area contributed by atoms with E-state index in [1.165, 1.54) is 17.9 Å². The monoisotopic (exact) mass is 315 g/mol. The van der Waals surface area contributed by atoms with Crippen molar-refractivity contribution < 1.29 is 9.90 Å². The normalized spacial score (nSPS) is 10.9. The summed E-state index contributed by atoms with van der Waals surface area (Å²) < 4.78 is 0. The van der Waals surface area contributed by atoms with Crippen LogP contribution in [0.4, 0.5) is 5.69 Å². The second-order valence-corrected chi connectivity index (χ2v) is 5.46. The number of rotatable bonds is 2. The average molecular weight is 316 g/mol. The van der Waals surface area contributed by atoms with E-state index in [0.29, 0.717) is 22.1 Å². The third-order valence-electron chi connectivity index (χ3n) is 3.51. The number of aromatic amines is 1. The molecule has 0 unspecified atom stereocenters. The first-order valence-corrected chi connectivity index (χ1v) is 7.06. The molecule has 0 spiro atoms. The summed E-state index contributed by atoms with van der Waals surface area (Å²) in [6.07, 6.45) is 0. The fourth-order valence-corrected chi connectivity index (χ4v) is 2.46. The van der Waals surface area contributed by atoms with E-state index in [1.54, 1.807) is 31.3 Å². The van der Waals surface area contributed by atoms with Crippen LogP contribution in [-0.4, -0.2) is 28.0 Å². The fraction of sp³-hybridized carbons (Fsp3) is 0.125. The lowest BCUT2D eigenvalue weighted by atomic mass is 10.1. The summed E-state index contributed by atoms with van der Waals surface area (Å²) in [5, 5.41) is 10.4. The lowest BCUT2D eigenvalue weighted by Crippen LogP contribution is -2.23. The first kappa shape index (κ1) is 14.4. The zero-order chi connectivity index (χ0) is 15.9. The fourth-order valence-electron chi connectivity index (χ4n) is 2.29. The number of benzene rings is 2. The van der Waals surface area contributed by atoms with E-state index in [4.69, 9.17) is 11.6 Å². The Morgan fingerprint density at radius 1 is 1.27 bits per heavy atom. The standard InChI is InChI=1S/C16H14ClN3O2/c1-9(21)20(2)15-6-4-11(22)8-12(15)16-18-13-5-3-10(17)7-14(13)19-16/h3-8,22H,1-2H3,(H,18,19). The van der Waals surface area contributed by atoms with E-state index in [0.717, 1.165) is 11.0 Å². The molecule has 112 valence electrons. The van der Waals surface area contributed by atoms with Crippen molar-refractivity contribution in [3.63, 3.8) is 0 Å². The van der Waals surface area contributed by atoms with Gasteiger partial charge in [0, 0.05) is 24.6 Å². The number of anilines is 1. The van der Waals surface area contributed by atoms with E-state index in [9.17, 15) is 9.90 Å². The predicted molar refractivity (Wildman–Crippen MR) is 87.3 cm³/mol. The maximum atomic E-state index is 11.6. The second kappa shape index (κ2) is 5.35. The van der Waals surface area contributed by atoms with Gasteiger partial charge in [0.1, 0.15) is 11.6 Å². The molecule has 0 aliphatic carbocycles. The highest BCUT2D eigenvalue weighted by atomic mass is 35.5. The number of carbonyl (C=O) groups is 1. The Balaban J connectivity index is 2.20. The highest BCUT2D eigenvalue weighted by Gasteiger charge is 2.16. The Hall–Kier alpha value is -2.53. The van der Waals surface area contributed by atoms with Crippen LogP contribution in [0.5, 0.6) is 5.75 Å². The molecular weight excluding hydrogens is 302 g/mol. The number of carbonyl (C=O) groups excluding carboxylic acids is 1. The highest BCUT2D eigenvalue weighted by Crippen LogP contribution is 2.33. The number of aromatic nitrogens is 2. The van der Waals surface area contributed by atoms with Gasteiger partial charge in [-0.15, -0.1) is 0 Å². The summed E-state index contributed by atoms with van der Waals surface area (Å²) in [5.41, 5.74) is 2.86. The van der Waals surface area contributed by atoms with E-state index < -0.39 is 0 Å². The van der Waals surface area contributed by atoms with Crippen LogP contribution < -0.4 is 4.90 Å². The molecule has 22 heavy (non-hydrogen) atoms. The number of fused-ring (bicyclic) bond motifs is 1. The number of amides is 1. The smallest absolute Gasteiger partial charge is 0.223 e. The minimum atomic E-state index is -0.105. The number of nitrogens with zero attached hydrogens (tertiary/aromatic N) is 2. The molecule has 2 aromatic carbocycles. The number of halogens is 1. The van der Waals surface area contributed by atoms with Gasteiger partial charge in [-0.3, -0.25) is 4.79 Å². The second-order valence-electron chi connectivity index (χ2n) is 5.03. The molecule has 0 saturated heterocycles.